The molecule has 0 unspecified atom stereocenters. The molecule has 0 spiro atoms. The van der Waals surface area contributed by atoms with Gasteiger partial charge in [-0.3, -0.25) is 4.90 Å². The average molecular weight is 318 g/mol. The number of aliphatic hydroxyl groups is 1. The van der Waals surface area contributed by atoms with Crippen LogP contribution in [0.5, 0.6) is 0 Å². The first-order valence-corrected chi connectivity index (χ1v) is 8.23. The van der Waals surface area contributed by atoms with E-state index in [1.165, 1.54) is 11.8 Å². The first-order chi connectivity index (χ1) is 10.9. The zero-order chi connectivity index (χ0) is 16.8. The summed E-state index contributed by atoms with van der Waals surface area (Å²) in [6.45, 7) is 9.22. The van der Waals surface area contributed by atoms with Gasteiger partial charge < -0.3 is 9.67 Å². The average Bonchev–Trinajstić information content (AvgIpc) is 2.84. The molecule has 0 saturated carbocycles. The molecule has 126 valence electrons. The second-order valence-electron chi connectivity index (χ2n) is 6.69. The van der Waals surface area contributed by atoms with Gasteiger partial charge in [-0.05, 0) is 42.7 Å². The maximum atomic E-state index is 13.3. The zero-order valence-corrected chi connectivity index (χ0v) is 14.2. The van der Waals surface area contributed by atoms with Gasteiger partial charge in [-0.25, -0.2) is 4.39 Å². The van der Waals surface area contributed by atoms with E-state index in [9.17, 15) is 9.50 Å². The maximum Gasteiger partial charge on any atom is 0.123 e. The summed E-state index contributed by atoms with van der Waals surface area (Å²) >= 11 is 0. The lowest BCUT2D eigenvalue weighted by molar-refractivity contribution is 0.113. The van der Waals surface area contributed by atoms with Crippen LogP contribution in [0.15, 0.2) is 42.6 Å². The van der Waals surface area contributed by atoms with Gasteiger partial charge >= 0.3 is 0 Å². The molecule has 1 aromatic carbocycles. The van der Waals surface area contributed by atoms with Crippen molar-refractivity contribution >= 4 is 0 Å². The summed E-state index contributed by atoms with van der Waals surface area (Å²) in [5, 5.41) is 9.71. The molecule has 0 aliphatic heterocycles. The minimum absolute atomic E-state index is 0.202. The standard InChI is InChI=1S/C19H27FN2O/c1-15(2)11-21(12-16(3)23)14-19-8-5-9-22(19)13-17-6-4-7-18(20)10-17/h4-10,15-16,23H,11-14H2,1-3H3/t16-/m0/s1. The number of hydrogen-bond acceptors (Lipinski definition) is 2. The largest absolute Gasteiger partial charge is 0.392 e. The molecular weight excluding hydrogens is 291 g/mol. The van der Waals surface area contributed by atoms with E-state index in [1.807, 2.05) is 25.3 Å². The monoisotopic (exact) mass is 318 g/mol. The van der Waals surface area contributed by atoms with E-state index in [4.69, 9.17) is 0 Å². The Morgan fingerprint density at radius 3 is 2.57 bits per heavy atom. The van der Waals surface area contributed by atoms with Crippen LogP contribution in [0.4, 0.5) is 4.39 Å². The Hall–Kier alpha value is -1.65. The lowest BCUT2D eigenvalue weighted by Crippen LogP contribution is -2.34. The third-order valence-electron chi connectivity index (χ3n) is 3.70. The van der Waals surface area contributed by atoms with E-state index < -0.39 is 0 Å². The molecule has 1 atom stereocenters. The fourth-order valence-electron chi connectivity index (χ4n) is 2.90. The number of halogens is 1. The highest BCUT2D eigenvalue weighted by Crippen LogP contribution is 2.13. The van der Waals surface area contributed by atoms with Crippen molar-refractivity contribution in [1.29, 1.82) is 0 Å². The van der Waals surface area contributed by atoms with Crippen LogP contribution in [0, 0.1) is 11.7 Å². The van der Waals surface area contributed by atoms with E-state index in [0.29, 0.717) is 19.0 Å². The van der Waals surface area contributed by atoms with E-state index in [1.54, 1.807) is 12.1 Å². The summed E-state index contributed by atoms with van der Waals surface area (Å²) in [7, 11) is 0. The van der Waals surface area contributed by atoms with Crippen molar-refractivity contribution in [3.8, 4) is 0 Å². The van der Waals surface area contributed by atoms with Gasteiger partial charge in [0.2, 0.25) is 0 Å². The van der Waals surface area contributed by atoms with Crippen LogP contribution in [-0.4, -0.2) is 33.8 Å². The summed E-state index contributed by atoms with van der Waals surface area (Å²) in [4.78, 5) is 2.27. The summed E-state index contributed by atoms with van der Waals surface area (Å²) in [5.74, 6) is 0.340. The molecule has 0 bridgehead atoms. The fraction of sp³-hybridized carbons (Fsp3) is 0.474. The summed E-state index contributed by atoms with van der Waals surface area (Å²) in [6, 6.07) is 10.8. The summed E-state index contributed by atoms with van der Waals surface area (Å²) in [5.41, 5.74) is 2.13. The minimum Gasteiger partial charge on any atom is -0.392 e. The van der Waals surface area contributed by atoms with Crippen LogP contribution in [0.3, 0.4) is 0 Å². The van der Waals surface area contributed by atoms with E-state index in [0.717, 1.165) is 18.7 Å². The Morgan fingerprint density at radius 1 is 1.13 bits per heavy atom. The third kappa shape index (κ3) is 5.81. The van der Waals surface area contributed by atoms with Crippen molar-refractivity contribution < 1.29 is 9.50 Å². The molecule has 1 aromatic heterocycles. The minimum atomic E-state index is -0.347. The smallest absolute Gasteiger partial charge is 0.123 e. The molecule has 0 aliphatic rings. The molecule has 3 nitrogen and oxygen atoms in total. The highest BCUT2D eigenvalue weighted by Gasteiger charge is 2.13. The number of rotatable bonds is 8. The van der Waals surface area contributed by atoms with Crippen LogP contribution in [-0.2, 0) is 13.1 Å². The molecule has 0 saturated heterocycles. The van der Waals surface area contributed by atoms with Crippen molar-refractivity contribution in [3.63, 3.8) is 0 Å². The fourth-order valence-corrected chi connectivity index (χ4v) is 2.90. The van der Waals surface area contributed by atoms with Gasteiger partial charge in [-0.15, -0.1) is 0 Å². The molecule has 1 N–H and O–H groups in total. The van der Waals surface area contributed by atoms with Gasteiger partial charge in [-0.2, -0.15) is 0 Å². The van der Waals surface area contributed by atoms with Crippen molar-refractivity contribution in [2.45, 2.75) is 40.0 Å². The quantitative estimate of drug-likeness (QED) is 0.807. The van der Waals surface area contributed by atoms with Crippen molar-refractivity contribution in [1.82, 2.24) is 9.47 Å². The zero-order valence-electron chi connectivity index (χ0n) is 14.2. The first-order valence-electron chi connectivity index (χ1n) is 8.23. The van der Waals surface area contributed by atoms with Crippen LogP contribution >= 0.6 is 0 Å². The molecule has 2 rings (SSSR count). The van der Waals surface area contributed by atoms with Gasteiger partial charge in [0.25, 0.3) is 0 Å². The Morgan fingerprint density at radius 2 is 1.91 bits per heavy atom. The highest BCUT2D eigenvalue weighted by molar-refractivity contribution is 5.18. The highest BCUT2D eigenvalue weighted by atomic mass is 19.1. The van der Waals surface area contributed by atoms with Gasteiger partial charge in [-0.1, -0.05) is 26.0 Å². The summed E-state index contributed by atoms with van der Waals surface area (Å²) in [6.07, 6.45) is 1.68. The Bertz CT molecular complexity index is 597. The second kappa shape index (κ2) is 8.27. The number of benzene rings is 1. The maximum absolute atomic E-state index is 13.3. The number of aliphatic hydroxyl groups excluding tert-OH is 1. The molecule has 0 amide bonds. The van der Waals surface area contributed by atoms with Crippen molar-refractivity contribution in [2.75, 3.05) is 13.1 Å². The molecule has 1 heterocycles. The topological polar surface area (TPSA) is 28.4 Å². The van der Waals surface area contributed by atoms with E-state index in [2.05, 4.69) is 29.4 Å². The molecule has 23 heavy (non-hydrogen) atoms. The van der Waals surface area contributed by atoms with E-state index >= 15 is 0 Å². The Balaban J connectivity index is 2.09. The molecule has 2 aromatic rings. The van der Waals surface area contributed by atoms with Crippen molar-refractivity contribution in [2.24, 2.45) is 5.92 Å². The number of nitrogens with zero attached hydrogens (tertiary/aromatic N) is 2. The normalized spacial score (nSPS) is 13.0. The lowest BCUT2D eigenvalue weighted by atomic mass is 10.2. The second-order valence-corrected chi connectivity index (χ2v) is 6.69. The van der Waals surface area contributed by atoms with Crippen LogP contribution in [0.25, 0.3) is 0 Å². The van der Waals surface area contributed by atoms with Gasteiger partial charge in [0.15, 0.2) is 0 Å². The predicted octanol–water partition coefficient (Wildman–Crippen LogP) is 3.51. The van der Waals surface area contributed by atoms with Gasteiger partial charge in [0.1, 0.15) is 5.82 Å². The Labute approximate surface area is 138 Å². The van der Waals surface area contributed by atoms with Crippen LogP contribution < -0.4 is 0 Å². The molecule has 0 fully saturated rings. The van der Waals surface area contributed by atoms with Gasteiger partial charge in [0, 0.05) is 38.1 Å². The number of aromatic nitrogens is 1. The van der Waals surface area contributed by atoms with Crippen LogP contribution in [0.2, 0.25) is 0 Å². The van der Waals surface area contributed by atoms with Crippen molar-refractivity contribution in [3.05, 3.63) is 59.7 Å². The predicted molar refractivity (Wildman–Crippen MR) is 91.7 cm³/mol. The lowest BCUT2D eigenvalue weighted by Gasteiger charge is -2.26. The first kappa shape index (κ1) is 17.7. The SMILES string of the molecule is CC(C)CN(Cc1cccn1Cc1cccc(F)c1)C[C@H](C)O. The Kier molecular flexibility index (Phi) is 6.37. The third-order valence-corrected chi connectivity index (χ3v) is 3.70. The van der Waals surface area contributed by atoms with Crippen LogP contribution in [0.1, 0.15) is 32.0 Å². The van der Waals surface area contributed by atoms with Gasteiger partial charge in [0.05, 0.1) is 6.10 Å². The molecular formula is C19H27FN2O. The molecule has 0 aliphatic carbocycles. The van der Waals surface area contributed by atoms with E-state index in [-0.39, 0.29) is 11.9 Å². The summed E-state index contributed by atoms with van der Waals surface area (Å²) < 4.78 is 15.5. The molecule has 0 radical (unpaired) electrons. The number of hydrogen-bond donors (Lipinski definition) is 1. The molecule has 4 heteroatoms.